The van der Waals surface area contributed by atoms with Crippen LogP contribution in [0.15, 0.2) is 0 Å². The average Bonchev–Trinajstić information content (AvgIpc) is 2.99. The van der Waals surface area contributed by atoms with Gasteiger partial charge in [-0.05, 0) is 67.2 Å². The minimum absolute atomic E-state index is 0.0972. The fraction of sp³-hybridized carbons (Fsp3) is 0.920. The van der Waals surface area contributed by atoms with Gasteiger partial charge in [-0.2, -0.15) is 0 Å². The minimum atomic E-state index is -0.423. The van der Waals surface area contributed by atoms with Crippen molar-refractivity contribution in [3.05, 3.63) is 0 Å². The molecule has 33 heavy (non-hydrogen) atoms. The molecule has 0 aromatic rings. The summed E-state index contributed by atoms with van der Waals surface area (Å²) in [5.41, 5.74) is 5.04. The summed E-state index contributed by atoms with van der Waals surface area (Å²) in [4.78, 5) is 27.4. The van der Waals surface area contributed by atoms with E-state index in [-0.39, 0.29) is 18.2 Å². The predicted octanol–water partition coefficient (Wildman–Crippen LogP) is 4.51. The third kappa shape index (κ3) is 13.7. The van der Waals surface area contributed by atoms with Crippen LogP contribution >= 0.6 is 0 Å². The fourth-order valence-electron chi connectivity index (χ4n) is 3.91. The van der Waals surface area contributed by atoms with Crippen LogP contribution in [0.1, 0.15) is 93.9 Å². The molecule has 0 aromatic heterocycles. The Bertz CT molecular complexity index is 598. The zero-order valence-electron chi connectivity index (χ0n) is 22.4. The highest BCUT2D eigenvalue weighted by molar-refractivity contribution is 5.68. The maximum atomic E-state index is 12.1. The monoisotopic (exact) mass is 470 g/mol. The first-order valence-electron chi connectivity index (χ1n) is 12.6. The molecule has 2 aliphatic heterocycles. The third-order valence-electron chi connectivity index (χ3n) is 5.25. The summed E-state index contributed by atoms with van der Waals surface area (Å²) in [6.45, 7) is 18.6. The predicted molar refractivity (Wildman–Crippen MR) is 133 cm³/mol. The summed E-state index contributed by atoms with van der Waals surface area (Å²) in [7, 11) is 0. The van der Waals surface area contributed by atoms with Crippen LogP contribution in [-0.4, -0.2) is 77.5 Å². The van der Waals surface area contributed by atoms with E-state index in [2.05, 4.69) is 19.2 Å². The van der Waals surface area contributed by atoms with Gasteiger partial charge in [-0.1, -0.05) is 26.7 Å². The van der Waals surface area contributed by atoms with Gasteiger partial charge in [0.15, 0.2) is 0 Å². The Morgan fingerprint density at radius 2 is 1.27 bits per heavy atom. The van der Waals surface area contributed by atoms with Crippen LogP contribution in [-0.2, 0) is 9.47 Å². The van der Waals surface area contributed by atoms with E-state index < -0.39 is 11.2 Å². The number of nitrogens with zero attached hydrogens (tertiary/aromatic N) is 2. The summed E-state index contributed by atoms with van der Waals surface area (Å²) in [6, 6.07) is 0.939. The second kappa shape index (κ2) is 13.4. The number of hydrogen-bond donors (Lipinski definition) is 2. The van der Waals surface area contributed by atoms with Crippen LogP contribution in [0.25, 0.3) is 0 Å². The molecule has 3 N–H and O–H groups in total. The molecule has 0 aromatic carbocycles. The molecule has 2 rings (SSSR count). The Labute approximate surface area is 201 Å². The number of carbonyl (C=O) groups is 2. The highest BCUT2D eigenvalue weighted by atomic mass is 16.6. The van der Waals surface area contributed by atoms with E-state index >= 15 is 0 Å². The number of rotatable bonds is 2. The topological polar surface area (TPSA) is 97.1 Å². The first kappa shape index (κ1) is 29.5. The Morgan fingerprint density at radius 3 is 1.73 bits per heavy atom. The van der Waals surface area contributed by atoms with Gasteiger partial charge in [-0.3, -0.25) is 0 Å². The van der Waals surface area contributed by atoms with Gasteiger partial charge in [0.25, 0.3) is 0 Å². The maximum Gasteiger partial charge on any atom is 0.410 e. The van der Waals surface area contributed by atoms with Crippen molar-refractivity contribution >= 4 is 12.2 Å². The van der Waals surface area contributed by atoms with Crippen LogP contribution in [0.2, 0.25) is 0 Å². The van der Waals surface area contributed by atoms with E-state index in [0.717, 1.165) is 51.7 Å². The van der Waals surface area contributed by atoms with Crippen molar-refractivity contribution in [2.75, 3.05) is 26.2 Å². The second-order valence-corrected chi connectivity index (χ2v) is 11.6. The smallest absolute Gasteiger partial charge is 0.410 e. The van der Waals surface area contributed by atoms with E-state index in [1.807, 2.05) is 46.4 Å². The van der Waals surface area contributed by atoms with E-state index in [1.54, 1.807) is 4.90 Å². The maximum absolute atomic E-state index is 12.1. The molecule has 0 saturated carbocycles. The molecule has 0 aliphatic carbocycles. The second-order valence-electron chi connectivity index (χ2n) is 11.6. The van der Waals surface area contributed by atoms with Gasteiger partial charge in [0.2, 0.25) is 0 Å². The van der Waals surface area contributed by atoms with Crippen molar-refractivity contribution in [2.24, 2.45) is 5.73 Å². The van der Waals surface area contributed by atoms with Gasteiger partial charge in [0, 0.05) is 44.3 Å². The SMILES string of the molecule is CC(C)(C)OC(=O)N1CCCCC(N)C1.CC(C)NC1CCCCN(C(=O)OC(C)(C)C)C1. The molecular formula is C25H50N4O4. The van der Waals surface area contributed by atoms with Crippen molar-refractivity contribution in [1.29, 1.82) is 0 Å². The van der Waals surface area contributed by atoms with Crippen LogP contribution in [0.4, 0.5) is 9.59 Å². The van der Waals surface area contributed by atoms with Crippen molar-refractivity contribution in [2.45, 2.75) is 123 Å². The molecule has 0 bridgehead atoms. The van der Waals surface area contributed by atoms with Crippen LogP contribution in [0.5, 0.6) is 0 Å². The minimum Gasteiger partial charge on any atom is -0.444 e. The summed E-state index contributed by atoms with van der Waals surface area (Å²) >= 11 is 0. The lowest BCUT2D eigenvalue weighted by atomic mass is 10.1. The van der Waals surface area contributed by atoms with Crippen molar-refractivity contribution in [3.8, 4) is 0 Å². The fourth-order valence-corrected chi connectivity index (χ4v) is 3.91. The van der Waals surface area contributed by atoms with E-state index in [9.17, 15) is 9.59 Å². The zero-order chi connectivity index (χ0) is 25.2. The van der Waals surface area contributed by atoms with Gasteiger partial charge < -0.3 is 30.3 Å². The van der Waals surface area contributed by atoms with Gasteiger partial charge in [-0.15, -0.1) is 0 Å². The van der Waals surface area contributed by atoms with E-state index in [0.29, 0.717) is 18.6 Å². The standard InChI is InChI=1S/C14H28N2O2.C11H22N2O2/c1-11(2)15-12-8-6-7-9-16(10-12)13(17)18-14(3,4)5;1-11(2,3)15-10(14)13-7-5-4-6-9(12)8-13/h11-12,15H,6-10H2,1-5H3;9H,4-8,12H2,1-3H3. The number of amides is 2. The molecule has 2 atom stereocenters. The highest BCUT2D eigenvalue weighted by Crippen LogP contribution is 2.16. The molecular weight excluding hydrogens is 420 g/mol. The van der Waals surface area contributed by atoms with Crippen LogP contribution in [0, 0.1) is 0 Å². The molecule has 0 spiro atoms. The summed E-state index contributed by atoms with van der Waals surface area (Å²) < 4.78 is 10.8. The lowest BCUT2D eigenvalue weighted by Crippen LogP contribution is -2.46. The molecule has 2 aliphatic rings. The summed E-state index contributed by atoms with van der Waals surface area (Å²) in [6.07, 6.45) is 6.07. The van der Waals surface area contributed by atoms with Crippen molar-refractivity contribution < 1.29 is 19.1 Å². The van der Waals surface area contributed by atoms with Gasteiger partial charge >= 0.3 is 12.2 Å². The molecule has 8 nitrogen and oxygen atoms in total. The van der Waals surface area contributed by atoms with Crippen molar-refractivity contribution in [3.63, 3.8) is 0 Å². The van der Waals surface area contributed by atoms with Gasteiger partial charge in [0.1, 0.15) is 11.2 Å². The zero-order valence-corrected chi connectivity index (χ0v) is 22.4. The number of hydrogen-bond acceptors (Lipinski definition) is 6. The quantitative estimate of drug-likeness (QED) is 0.616. The Kier molecular flexibility index (Phi) is 12.0. The lowest BCUT2D eigenvalue weighted by molar-refractivity contribution is 0.0235. The largest absolute Gasteiger partial charge is 0.444 e. The lowest BCUT2D eigenvalue weighted by Gasteiger charge is -2.29. The summed E-state index contributed by atoms with van der Waals surface area (Å²) in [5, 5.41) is 3.52. The molecule has 2 fully saturated rings. The average molecular weight is 471 g/mol. The third-order valence-corrected chi connectivity index (χ3v) is 5.25. The van der Waals surface area contributed by atoms with Gasteiger partial charge in [0.05, 0.1) is 0 Å². The molecule has 8 heteroatoms. The summed E-state index contributed by atoms with van der Waals surface area (Å²) in [5.74, 6) is 0. The number of nitrogens with one attached hydrogen (secondary N) is 1. The number of nitrogens with two attached hydrogens (primary N) is 1. The van der Waals surface area contributed by atoms with E-state index in [4.69, 9.17) is 15.2 Å². The van der Waals surface area contributed by atoms with Gasteiger partial charge in [-0.25, -0.2) is 9.59 Å². The first-order chi connectivity index (χ1) is 15.2. The highest BCUT2D eigenvalue weighted by Gasteiger charge is 2.27. The molecule has 2 heterocycles. The number of ether oxygens (including phenoxy) is 2. The molecule has 194 valence electrons. The molecule has 2 unspecified atom stereocenters. The molecule has 2 saturated heterocycles. The molecule has 0 radical (unpaired) electrons. The Morgan fingerprint density at radius 1 is 0.818 bits per heavy atom. The number of likely N-dealkylation sites (tertiary alicyclic amines) is 2. The Balaban J connectivity index is 0.000000335. The first-order valence-corrected chi connectivity index (χ1v) is 12.6. The van der Waals surface area contributed by atoms with E-state index in [1.165, 1.54) is 6.42 Å². The van der Waals surface area contributed by atoms with Crippen LogP contribution in [0.3, 0.4) is 0 Å². The number of carbonyl (C=O) groups excluding carboxylic acids is 2. The van der Waals surface area contributed by atoms with Crippen molar-refractivity contribution in [1.82, 2.24) is 15.1 Å². The molecule has 2 amide bonds. The Hall–Kier alpha value is -1.54. The van der Waals surface area contributed by atoms with Crippen LogP contribution < -0.4 is 11.1 Å². The normalized spacial score (nSPS) is 22.6.